The van der Waals surface area contributed by atoms with Gasteiger partial charge in [-0.3, -0.25) is 0 Å². The number of hydrogen-bond acceptors (Lipinski definition) is 4. The molecule has 0 aliphatic carbocycles. The van der Waals surface area contributed by atoms with E-state index in [0.717, 1.165) is 17.5 Å². The SMILES string of the molecule is Cc1nc(C(C)NCC(CC(C)C)N(C)C)cs1. The molecule has 2 atom stereocenters. The third-order valence-electron chi connectivity index (χ3n) is 3.21. The summed E-state index contributed by atoms with van der Waals surface area (Å²) >= 11 is 1.72. The Balaban J connectivity index is 2.46. The molecule has 0 fully saturated rings. The first-order valence-electron chi connectivity index (χ1n) is 6.72. The molecule has 104 valence electrons. The Labute approximate surface area is 116 Å². The maximum absolute atomic E-state index is 4.54. The van der Waals surface area contributed by atoms with Crippen molar-refractivity contribution < 1.29 is 0 Å². The van der Waals surface area contributed by atoms with Gasteiger partial charge in [0.25, 0.3) is 0 Å². The normalized spacial score (nSPS) is 15.3. The smallest absolute Gasteiger partial charge is 0.0898 e. The Kier molecular flexibility index (Phi) is 6.26. The summed E-state index contributed by atoms with van der Waals surface area (Å²) in [5, 5.41) is 6.90. The molecule has 18 heavy (non-hydrogen) atoms. The minimum Gasteiger partial charge on any atom is -0.307 e. The molecule has 1 aromatic heterocycles. The van der Waals surface area contributed by atoms with Crippen molar-refractivity contribution in [3.63, 3.8) is 0 Å². The third kappa shape index (κ3) is 5.04. The van der Waals surface area contributed by atoms with Crippen molar-refractivity contribution in [3.05, 3.63) is 16.1 Å². The Hall–Kier alpha value is -0.450. The van der Waals surface area contributed by atoms with Gasteiger partial charge >= 0.3 is 0 Å². The second kappa shape index (κ2) is 7.22. The van der Waals surface area contributed by atoms with Crippen LogP contribution in [0.3, 0.4) is 0 Å². The predicted octanol–water partition coefficient (Wildman–Crippen LogP) is 3.08. The summed E-state index contributed by atoms with van der Waals surface area (Å²) in [6, 6.07) is 0.928. The second-order valence-corrected chi connectivity index (χ2v) is 6.73. The molecule has 4 heteroatoms. The highest BCUT2D eigenvalue weighted by atomic mass is 32.1. The molecule has 0 aliphatic heterocycles. The zero-order valence-corrected chi connectivity index (χ0v) is 13.3. The van der Waals surface area contributed by atoms with Crippen LogP contribution < -0.4 is 5.32 Å². The maximum Gasteiger partial charge on any atom is 0.0898 e. The van der Waals surface area contributed by atoms with Crippen molar-refractivity contribution in [3.8, 4) is 0 Å². The molecule has 1 rings (SSSR count). The van der Waals surface area contributed by atoms with E-state index in [2.05, 4.69) is 62.4 Å². The fourth-order valence-corrected chi connectivity index (χ4v) is 2.72. The van der Waals surface area contributed by atoms with Crippen LogP contribution in [0.25, 0.3) is 0 Å². The highest BCUT2D eigenvalue weighted by Crippen LogP contribution is 2.16. The molecule has 1 heterocycles. The van der Waals surface area contributed by atoms with Crippen molar-refractivity contribution in [1.82, 2.24) is 15.2 Å². The van der Waals surface area contributed by atoms with E-state index in [1.807, 2.05) is 0 Å². The summed E-state index contributed by atoms with van der Waals surface area (Å²) in [5.41, 5.74) is 1.17. The highest BCUT2D eigenvalue weighted by molar-refractivity contribution is 7.09. The van der Waals surface area contributed by atoms with Crippen molar-refractivity contribution in [2.45, 2.75) is 46.2 Å². The maximum atomic E-state index is 4.54. The van der Waals surface area contributed by atoms with E-state index in [-0.39, 0.29) is 0 Å². The van der Waals surface area contributed by atoms with Crippen molar-refractivity contribution in [2.75, 3.05) is 20.6 Å². The van der Waals surface area contributed by atoms with Gasteiger partial charge in [-0.05, 0) is 40.3 Å². The number of aromatic nitrogens is 1. The average molecular weight is 269 g/mol. The number of hydrogen-bond donors (Lipinski definition) is 1. The number of likely N-dealkylation sites (N-methyl/N-ethyl adjacent to an activating group) is 1. The van der Waals surface area contributed by atoms with Crippen molar-refractivity contribution in [2.24, 2.45) is 5.92 Å². The Morgan fingerprint density at radius 3 is 2.44 bits per heavy atom. The van der Waals surface area contributed by atoms with Gasteiger partial charge in [-0.15, -0.1) is 11.3 Å². The molecule has 1 aromatic rings. The van der Waals surface area contributed by atoms with Crippen molar-refractivity contribution in [1.29, 1.82) is 0 Å². The molecular formula is C14H27N3S. The lowest BCUT2D eigenvalue weighted by atomic mass is 10.0. The van der Waals surface area contributed by atoms with Crippen LogP contribution in [0, 0.1) is 12.8 Å². The first-order valence-corrected chi connectivity index (χ1v) is 7.60. The molecule has 0 amide bonds. The molecule has 0 saturated heterocycles. The fourth-order valence-electron chi connectivity index (χ4n) is 2.02. The van der Waals surface area contributed by atoms with Gasteiger partial charge in [0.05, 0.1) is 10.7 Å². The topological polar surface area (TPSA) is 28.2 Å². The zero-order chi connectivity index (χ0) is 13.7. The molecule has 2 unspecified atom stereocenters. The largest absolute Gasteiger partial charge is 0.307 e. The van der Waals surface area contributed by atoms with Gasteiger partial charge in [0.1, 0.15) is 0 Å². The first kappa shape index (κ1) is 15.6. The first-order chi connectivity index (χ1) is 8.40. The summed E-state index contributed by atoms with van der Waals surface area (Å²) in [6.07, 6.45) is 1.23. The summed E-state index contributed by atoms with van der Waals surface area (Å²) < 4.78 is 0. The van der Waals surface area contributed by atoms with Crippen LogP contribution >= 0.6 is 11.3 Å². The van der Waals surface area contributed by atoms with E-state index in [1.165, 1.54) is 12.1 Å². The van der Waals surface area contributed by atoms with Gasteiger partial charge in [-0.2, -0.15) is 0 Å². The number of thiazole rings is 1. The summed E-state index contributed by atoms with van der Waals surface area (Å²) in [4.78, 5) is 6.85. The molecule has 0 bridgehead atoms. The van der Waals surface area contributed by atoms with E-state index >= 15 is 0 Å². The number of nitrogens with one attached hydrogen (secondary N) is 1. The van der Waals surface area contributed by atoms with Crippen LogP contribution in [0.15, 0.2) is 5.38 Å². The summed E-state index contributed by atoms with van der Waals surface area (Å²) in [7, 11) is 4.32. The minimum atomic E-state index is 0.338. The second-order valence-electron chi connectivity index (χ2n) is 5.67. The van der Waals surface area contributed by atoms with Gasteiger partial charge in [0.2, 0.25) is 0 Å². The van der Waals surface area contributed by atoms with Gasteiger partial charge in [0.15, 0.2) is 0 Å². The molecule has 0 spiro atoms. The summed E-state index contributed by atoms with van der Waals surface area (Å²) in [6.45, 7) is 9.83. The Morgan fingerprint density at radius 1 is 1.33 bits per heavy atom. The monoisotopic (exact) mass is 269 g/mol. The van der Waals surface area contributed by atoms with Crippen LogP contribution in [0.1, 0.15) is 43.9 Å². The number of aryl methyl sites for hydroxylation is 1. The quantitative estimate of drug-likeness (QED) is 0.824. The van der Waals surface area contributed by atoms with E-state index < -0.39 is 0 Å². The highest BCUT2D eigenvalue weighted by Gasteiger charge is 2.15. The predicted molar refractivity (Wildman–Crippen MR) is 80.2 cm³/mol. The van der Waals surface area contributed by atoms with Gasteiger partial charge in [-0.1, -0.05) is 13.8 Å². The average Bonchev–Trinajstić information content (AvgIpc) is 2.69. The molecule has 0 saturated carbocycles. The molecule has 0 aromatic carbocycles. The summed E-state index contributed by atoms with van der Waals surface area (Å²) in [5.74, 6) is 0.732. The van der Waals surface area contributed by atoms with E-state index in [9.17, 15) is 0 Å². The van der Waals surface area contributed by atoms with Gasteiger partial charge in [-0.25, -0.2) is 4.98 Å². The fraction of sp³-hybridized carbons (Fsp3) is 0.786. The standard InChI is InChI=1S/C14H27N3S/c1-10(2)7-13(17(5)6)8-15-11(3)14-9-18-12(4)16-14/h9-11,13,15H,7-8H2,1-6H3. The minimum absolute atomic E-state index is 0.338. The van der Waals surface area contributed by atoms with Crippen LogP contribution in [0.5, 0.6) is 0 Å². The van der Waals surface area contributed by atoms with Crippen LogP contribution in [0.4, 0.5) is 0 Å². The number of nitrogens with zero attached hydrogens (tertiary/aromatic N) is 2. The molecule has 0 aliphatic rings. The molecule has 3 nitrogen and oxygen atoms in total. The lowest BCUT2D eigenvalue weighted by molar-refractivity contribution is 0.241. The molecule has 0 radical (unpaired) electrons. The molecule has 1 N–H and O–H groups in total. The van der Waals surface area contributed by atoms with Gasteiger partial charge < -0.3 is 10.2 Å². The lowest BCUT2D eigenvalue weighted by Gasteiger charge is -2.27. The van der Waals surface area contributed by atoms with E-state index in [0.29, 0.717) is 12.1 Å². The third-order valence-corrected chi connectivity index (χ3v) is 4.01. The zero-order valence-electron chi connectivity index (χ0n) is 12.5. The van der Waals surface area contributed by atoms with Gasteiger partial charge in [0, 0.05) is 24.0 Å². The van der Waals surface area contributed by atoms with Crippen LogP contribution in [-0.2, 0) is 0 Å². The number of rotatable bonds is 7. The van der Waals surface area contributed by atoms with Crippen LogP contribution in [-0.4, -0.2) is 36.6 Å². The van der Waals surface area contributed by atoms with Crippen molar-refractivity contribution >= 4 is 11.3 Å². The van der Waals surface area contributed by atoms with E-state index in [4.69, 9.17) is 0 Å². The molecular weight excluding hydrogens is 242 g/mol. The lowest BCUT2D eigenvalue weighted by Crippen LogP contribution is -2.39. The Morgan fingerprint density at radius 2 is 2.00 bits per heavy atom. The van der Waals surface area contributed by atoms with E-state index in [1.54, 1.807) is 11.3 Å². The Bertz CT molecular complexity index is 347. The van der Waals surface area contributed by atoms with Crippen LogP contribution in [0.2, 0.25) is 0 Å².